The fraction of sp³-hybridized carbons (Fsp3) is 0.333. The van der Waals surface area contributed by atoms with Crippen LogP contribution < -0.4 is 25.2 Å². The van der Waals surface area contributed by atoms with Gasteiger partial charge in [-0.25, -0.2) is 4.98 Å². The topological polar surface area (TPSA) is 68.1 Å². The molecule has 1 aliphatic heterocycles. The summed E-state index contributed by atoms with van der Waals surface area (Å²) in [6, 6.07) is 11.4. The second-order valence-electron chi connectivity index (χ2n) is 6.91. The van der Waals surface area contributed by atoms with E-state index < -0.39 is 0 Å². The number of piperazine rings is 1. The van der Waals surface area contributed by atoms with Gasteiger partial charge in [-0.2, -0.15) is 0 Å². The molecule has 1 aliphatic rings. The number of nitrogens with one attached hydrogen (secondary N) is 1. The van der Waals surface area contributed by atoms with E-state index >= 15 is 0 Å². The standard InChI is InChI=1S/C21H24N4O3/c1-14-12-22-8-9-24(14)16-5-7-20-23-17(11-21(26)25(20)13-16)15-4-6-18(27-2)19(10-15)28-3/h4-7,10-11,13-14,22H,8-9,12H2,1-3H3. The highest BCUT2D eigenvalue weighted by Gasteiger charge is 2.19. The zero-order valence-electron chi connectivity index (χ0n) is 16.3. The number of hydrogen-bond acceptors (Lipinski definition) is 6. The van der Waals surface area contributed by atoms with Gasteiger partial charge in [0.25, 0.3) is 5.56 Å². The van der Waals surface area contributed by atoms with Gasteiger partial charge in [-0.15, -0.1) is 0 Å². The van der Waals surface area contributed by atoms with Crippen LogP contribution in [-0.2, 0) is 0 Å². The third kappa shape index (κ3) is 3.29. The van der Waals surface area contributed by atoms with Gasteiger partial charge in [0.15, 0.2) is 11.5 Å². The van der Waals surface area contributed by atoms with Crippen LogP contribution in [-0.4, -0.2) is 49.3 Å². The van der Waals surface area contributed by atoms with Crippen LogP contribution in [0.25, 0.3) is 16.9 Å². The molecule has 1 aromatic carbocycles. The van der Waals surface area contributed by atoms with Gasteiger partial charge >= 0.3 is 0 Å². The van der Waals surface area contributed by atoms with Crippen molar-refractivity contribution in [3.63, 3.8) is 0 Å². The van der Waals surface area contributed by atoms with Gasteiger partial charge in [0.2, 0.25) is 0 Å². The molecule has 0 saturated carbocycles. The molecule has 3 heterocycles. The molecule has 1 unspecified atom stereocenters. The molecule has 0 bridgehead atoms. The first-order valence-corrected chi connectivity index (χ1v) is 9.34. The van der Waals surface area contributed by atoms with Crippen molar-refractivity contribution >= 4 is 11.3 Å². The monoisotopic (exact) mass is 380 g/mol. The summed E-state index contributed by atoms with van der Waals surface area (Å²) in [5, 5.41) is 3.38. The smallest absolute Gasteiger partial charge is 0.258 e. The van der Waals surface area contributed by atoms with Crippen molar-refractivity contribution in [3.05, 3.63) is 52.9 Å². The number of fused-ring (bicyclic) bond motifs is 1. The Morgan fingerprint density at radius 3 is 2.68 bits per heavy atom. The highest BCUT2D eigenvalue weighted by atomic mass is 16.5. The summed E-state index contributed by atoms with van der Waals surface area (Å²) in [5.41, 5.74) is 2.94. The number of benzene rings is 1. The molecule has 0 aliphatic carbocycles. The molecule has 0 amide bonds. The van der Waals surface area contributed by atoms with E-state index in [1.807, 2.05) is 36.5 Å². The number of pyridine rings is 1. The van der Waals surface area contributed by atoms with Crippen molar-refractivity contribution in [2.45, 2.75) is 13.0 Å². The third-order valence-corrected chi connectivity index (χ3v) is 5.16. The minimum absolute atomic E-state index is 0.112. The van der Waals surface area contributed by atoms with E-state index in [9.17, 15) is 4.79 Å². The minimum atomic E-state index is -0.112. The summed E-state index contributed by atoms with van der Waals surface area (Å²) in [5.74, 6) is 1.24. The average Bonchev–Trinajstić information content (AvgIpc) is 2.73. The van der Waals surface area contributed by atoms with E-state index in [1.54, 1.807) is 24.7 Å². The normalized spacial score (nSPS) is 17.0. The maximum absolute atomic E-state index is 12.8. The van der Waals surface area contributed by atoms with Crippen LogP contribution in [0.1, 0.15) is 6.92 Å². The molecule has 3 aromatic rings. The molecule has 0 radical (unpaired) electrons. The van der Waals surface area contributed by atoms with Crippen LogP contribution in [0, 0.1) is 0 Å². The Morgan fingerprint density at radius 2 is 1.93 bits per heavy atom. The number of ether oxygens (including phenoxy) is 2. The van der Waals surface area contributed by atoms with Crippen LogP contribution in [0.15, 0.2) is 47.4 Å². The van der Waals surface area contributed by atoms with Gasteiger partial charge in [0, 0.05) is 43.5 Å². The lowest BCUT2D eigenvalue weighted by Gasteiger charge is -2.35. The van der Waals surface area contributed by atoms with E-state index in [0.717, 1.165) is 30.9 Å². The van der Waals surface area contributed by atoms with Gasteiger partial charge in [-0.3, -0.25) is 9.20 Å². The number of aromatic nitrogens is 2. The van der Waals surface area contributed by atoms with Gasteiger partial charge in [0.1, 0.15) is 5.65 Å². The Kier molecular flexibility index (Phi) is 4.92. The summed E-state index contributed by atoms with van der Waals surface area (Å²) < 4.78 is 12.2. The largest absolute Gasteiger partial charge is 0.493 e. The third-order valence-electron chi connectivity index (χ3n) is 5.16. The van der Waals surface area contributed by atoms with Crippen molar-refractivity contribution < 1.29 is 9.47 Å². The highest BCUT2D eigenvalue weighted by Crippen LogP contribution is 2.31. The number of rotatable bonds is 4. The Morgan fingerprint density at radius 1 is 1.11 bits per heavy atom. The second-order valence-corrected chi connectivity index (χ2v) is 6.91. The van der Waals surface area contributed by atoms with Gasteiger partial charge in [-0.05, 0) is 37.3 Å². The first-order valence-electron chi connectivity index (χ1n) is 9.34. The average molecular weight is 380 g/mol. The molecule has 2 aromatic heterocycles. The summed E-state index contributed by atoms with van der Waals surface area (Å²) in [6.07, 6.45) is 1.88. The predicted octanol–water partition coefficient (Wildman–Crippen LogP) is 2.18. The van der Waals surface area contributed by atoms with E-state index in [-0.39, 0.29) is 5.56 Å². The maximum Gasteiger partial charge on any atom is 0.258 e. The second kappa shape index (κ2) is 7.52. The summed E-state index contributed by atoms with van der Waals surface area (Å²) in [4.78, 5) is 19.8. The van der Waals surface area contributed by atoms with Crippen molar-refractivity contribution in [2.24, 2.45) is 0 Å². The molecule has 146 valence electrons. The lowest BCUT2D eigenvalue weighted by atomic mass is 10.1. The van der Waals surface area contributed by atoms with E-state index in [1.165, 1.54) is 0 Å². The summed E-state index contributed by atoms with van der Waals surface area (Å²) in [7, 11) is 3.18. The molecule has 4 rings (SSSR count). The number of hydrogen-bond donors (Lipinski definition) is 1. The van der Waals surface area contributed by atoms with Gasteiger partial charge in [-0.1, -0.05) is 0 Å². The Balaban J connectivity index is 1.75. The Labute approximate surface area is 163 Å². The fourth-order valence-electron chi connectivity index (χ4n) is 3.63. The van der Waals surface area contributed by atoms with Crippen molar-refractivity contribution in [1.29, 1.82) is 0 Å². The van der Waals surface area contributed by atoms with Gasteiger partial charge in [0.05, 0.1) is 25.6 Å². The molecule has 1 fully saturated rings. The lowest BCUT2D eigenvalue weighted by Crippen LogP contribution is -2.50. The number of nitrogens with zero attached hydrogens (tertiary/aromatic N) is 3. The molecule has 7 nitrogen and oxygen atoms in total. The van der Waals surface area contributed by atoms with Crippen molar-refractivity contribution in [2.75, 3.05) is 38.8 Å². The van der Waals surface area contributed by atoms with Crippen LogP contribution in [0.4, 0.5) is 5.69 Å². The van der Waals surface area contributed by atoms with Crippen molar-refractivity contribution in [1.82, 2.24) is 14.7 Å². The maximum atomic E-state index is 12.8. The van der Waals surface area contributed by atoms with Crippen molar-refractivity contribution in [3.8, 4) is 22.8 Å². The molecular formula is C21H24N4O3. The van der Waals surface area contributed by atoms with Crippen LogP contribution in [0.2, 0.25) is 0 Å². The molecule has 7 heteroatoms. The Hall–Kier alpha value is -3.06. The molecule has 1 saturated heterocycles. The van der Waals surface area contributed by atoms with E-state index in [0.29, 0.717) is 28.9 Å². The minimum Gasteiger partial charge on any atom is -0.493 e. The molecule has 1 N–H and O–H groups in total. The number of anilines is 1. The van der Waals surface area contributed by atoms with Crippen LogP contribution >= 0.6 is 0 Å². The molecule has 28 heavy (non-hydrogen) atoms. The van der Waals surface area contributed by atoms with Crippen LogP contribution in [0.3, 0.4) is 0 Å². The molecule has 1 atom stereocenters. The SMILES string of the molecule is COc1ccc(-c2cc(=O)n3cc(N4CCNCC4C)ccc3n2)cc1OC. The predicted molar refractivity (Wildman–Crippen MR) is 110 cm³/mol. The first kappa shape index (κ1) is 18.3. The summed E-state index contributed by atoms with van der Waals surface area (Å²) >= 11 is 0. The number of methoxy groups -OCH3 is 2. The van der Waals surface area contributed by atoms with E-state index in [2.05, 4.69) is 22.1 Å². The Bertz CT molecular complexity index is 1060. The summed E-state index contributed by atoms with van der Waals surface area (Å²) in [6.45, 7) is 4.97. The zero-order valence-corrected chi connectivity index (χ0v) is 16.3. The zero-order chi connectivity index (χ0) is 19.7. The highest BCUT2D eigenvalue weighted by molar-refractivity contribution is 5.66. The molecular weight excluding hydrogens is 356 g/mol. The quantitative estimate of drug-likeness (QED) is 0.748. The van der Waals surface area contributed by atoms with Crippen LogP contribution in [0.5, 0.6) is 11.5 Å². The first-order chi connectivity index (χ1) is 13.6. The molecule has 0 spiro atoms. The van der Waals surface area contributed by atoms with E-state index in [4.69, 9.17) is 9.47 Å². The lowest BCUT2D eigenvalue weighted by molar-refractivity contribution is 0.355. The fourth-order valence-corrected chi connectivity index (χ4v) is 3.63. The van der Waals surface area contributed by atoms with Gasteiger partial charge < -0.3 is 19.7 Å².